The summed E-state index contributed by atoms with van der Waals surface area (Å²) < 4.78 is 27.6. The Morgan fingerprint density at radius 2 is 2.28 bits per heavy atom. The van der Waals surface area contributed by atoms with Gasteiger partial charge in [0.25, 0.3) is 0 Å². The summed E-state index contributed by atoms with van der Waals surface area (Å²) in [5, 5.41) is 3.27. The molecule has 6 heteroatoms. The van der Waals surface area contributed by atoms with Crippen molar-refractivity contribution >= 4 is 26.0 Å². The van der Waals surface area contributed by atoms with Crippen LogP contribution in [-0.4, -0.2) is 27.5 Å². The van der Waals surface area contributed by atoms with E-state index in [1.807, 2.05) is 13.0 Å². The number of sulfonamides is 1. The van der Waals surface area contributed by atoms with Gasteiger partial charge in [0.05, 0.1) is 4.90 Å². The molecule has 2 rings (SSSR count). The van der Waals surface area contributed by atoms with E-state index in [9.17, 15) is 8.42 Å². The lowest BCUT2D eigenvalue weighted by Crippen LogP contribution is -2.37. The SMILES string of the molecule is Cc1ccc(Br)c(S(=O)(=O)NCC2CCCN2)c1. The molecule has 18 heavy (non-hydrogen) atoms. The lowest BCUT2D eigenvalue weighted by Gasteiger charge is -2.13. The smallest absolute Gasteiger partial charge is 0.241 e. The van der Waals surface area contributed by atoms with Crippen LogP contribution in [0, 0.1) is 6.92 Å². The van der Waals surface area contributed by atoms with Crippen molar-refractivity contribution in [2.75, 3.05) is 13.1 Å². The topological polar surface area (TPSA) is 58.2 Å². The normalized spacial score (nSPS) is 20.2. The Labute approximate surface area is 116 Å². The van der Waals surface area contributed by atoms with Crippen LogP contribution in [0.25, 0.3) is 0 Å². The van der Waals surface area contributed by atoms with Gasteiger partial charge < -0.3 is 5.32 Å². The first-order valence-electron chi connectivity index (χ1n) is 5.98. The van der Waals surface area contributed by atoms with Gasteiger partial charge in [-0.05, 0) is 59.9 Å². The van der Waals surface area contributed by atoms with Crippen molar-refractivity contribution in [2.45, 2.75) is 30.7 Å². The Kier molecular flexibility index (Phi) is 4.42. The van der Waals surface area contributed by atoms with Crippen molar-refractivity contribution in [1.29, 1.82) is 0 Å². The molecule has 0 spiro atoms. The van der Waals surface area contributed by atoms with Crippen LogP contribution in [0.15, 0.2) is 27.6 Å². The number of rotatable bonds is 4. The molecule has 0 bridgehead atoms. The first kappa shape index (κ1) is 14.0. The predicted molar refractivity (Wildman–Crippen MR) is 75.1 cm³/mol. The average Bonchev–Trinajstić information content (AvgIpc) is 2.83. The fourth-order valence-corrected chi connectivity index (χ4v) is 4.16. The van der Waals surface area contributed by atoms with Crippen molar-refractivity contribution in [2.24, 2.45) is 0 Å². The highest BCUT2D eigenvalue weighted by Gasteiger charge is 2.21. The summed E-state index contributed by atoms with van der Waals surface area (Å²) in [5.41, 5.74) is 0.928. The molecule has 1 aromatic rings. The minimum Gasteiger partial charge on any atom is -0.313 e. The van der Waals surface area contributed by atoms with Gasteiger partial charge in [0.1, 0.15) is 0 Å². The zero-order valence-electron chi connectivity index (χ0n) is 10.2. The monoisotopic (exact) mass is 332 g/mol. The molecular weight excluding hydrogens is 316 g/mol. The molecular formula is C12H17BrN2O2S. The van der Waals surface area contributed by atoms with Crippen LogP contribution in [0.4, 0.5) is 0 Å². The van der Waals surface area contributed by atoms with E-state index >= 15 is 0 Å². The van der Waals surface area contributed by atoms with Gasteiger partial charge in [-0.2, -0.15) is 0 Å². The van der Waals surface area contributed by atoms with Crippen LogP contribution in [-0.2, 0) is 10.0 Å². The molecule has 0 aromatic heterocycles. The second-order valence-electron chi connectivity index (χ2n) is 4.58. The maximum Gasteiger partial charge on any atom is 0.241 e. The number of nitrogens with one attached hydrogen (secondary N) is 2. The summed E-state index contributed by atoms with van der Waals surface area (Å²) in [6.07, 6.45) is 2.14. The predicted octanol–water partition coefficient (Wildman–Crippen LogP) is 1.79. The fourth-order valence-electron chi connectivity index (χ4n) is 2.04. The number of hydrogen-bond donors (Lipinski definition) is 2. The zero-order valence-corrected chi connectivity index (χ0v) is 12.6. The third-order valence-electron chi connectivity index (χ3n) is 3.06. The Hall–Kier alpha value is -0.430. The van der Waals surface area contributed by atoms with E-state index < -0.39 is 10.0 Å². The Morgan fingerprint density at radius 1 is 1.50 bits per heavy atom. The largest absolute Gasteiger partial charge is 0.313 e. The van der Waals surface area contributed by atoms with Gasteiger partial charge in [0.2, 0.25) is 10.0 Å². The Balaban J connectivity index is 2.12. The molecule has 0 amide bonds. The van der Waals surface area contributed by atoms with Crippen molar-refractivity contribution in [1.82, 2.24) is 10.0 Å². The summed E-state index contributed by atoms with van der Waals surface area (Å²) in [6, 6.07) is 5.57. The maximum absolute atomic E-state index is 12.2. The molecule has 0 saturated carbocycles. The van der Waals surface area contributed by atoms with Crippen LogP contribution < -0.4 is 10.0 Å². The van der Waals surface area contributed by atoms with Gasteiger partial charge in [0.15, 0.2) is 0 Å². The lowest BCUT2D eigenvalue weighted by atomic mass is 10.2. The standard InChI is InChI=1S/C12H17BrN2O2S/c1-9-4-5-11(13)12(7-9)18(16,17)15-8-10-3-2-6-14-10/h4-5,7,10,14-15H,2-3,6,8H2,1H3. The van der Waals surface area contributed by atoms with E-state index in [1.165, 1.54) is 0 Å². The first-order chi connectivity index (χ1) is 8.49. The van der Waals surface area contributed by atoms with E-state index in [0.29, 0.717) is 15.9 Å². The average molecular weight is 333 g/mol. The second-order valence-corrected chi connectivity index (χ2v) is 7.17. The Morgan fingerprint density at radius 3 is 2.94 bits per heavy atom. The molecule has 1 aliphatic heterocycles. The summed E-state index contributed by atoms with van der Waals surface area (Å²) in [4.78, 5) is 0.306. The van der Waals surface area contributed by atoms with Crippen LogP contribution in [0.3, 0.4) is 0 Å². The minimum absolute atomic E-state index is 0.253. The highest BCUT2D eigenvalue weighted by atomic mass is 79.9. The third kappa shape index (κ3) is 3.32. The third-order valence-corrected chi connectivity index (χ3v) is 5.48. The molecule has 2 N–H and O–H groups in total. The summed E-state index contributed by atoms with van der Waals surface area (Å²) in [5.74, 6) is 0. The molecule has 1 saturated heterocycles. The highest BCUT2D eigenvalue weighted by Crippen LogP contribution is 2.22. The van der Waals surface area contributed by atoms with Crippen LogP contribution in [0.2, 0.25) is 0 Å². The molecule has 1 aliphatic rings. The van der Waals surface area contributed by atoms with Crippen LogP contribution in [0.5, 0.6) is 0 Å². The zero-order chi connectivity index (χ0) is 13.2. The van der Waals surface area contributed by atoms with E-state index in [0.717, 1.165) is 24.9 Å². The van der Waals surface area contributed by atoms with Gasteiger partial charge in [-0.3, -0.25) is 0 Å². The van der Waals surface area contributed by atoms with Crippen LogP contribution in [0.1, 0.15) is 18.4 Å². The van der Waals surface area contributed by atoms with Crippen molar-refractivity contribution < 1.29 is 8.42 Å². The van der Waals surface area contributed by atoms with Crippen molar-refractivity contribution in [3.63, 3.8) is 0 Å². The molecule has 1 unspecified atom stereocenters. The molecule has 1 fully saturated rings. The number of halogens is 1. The van der Waals surface area contributed by atoms with E-state index in [4.69, 9.17) is 0 Å². The fraction of sp³-hybridized carbons (Fsp3) is 0.500. The Bertz CT molecular complexity index is 525. The quantitative estimate of drug-likeness (QED) is 0.883. The van der Waals surface area contributed by atoms with E-state index in [1.54, 1.807) is 12.1 Å². The molecule has 0 aliphatic carbocycles. The van der Waals surface area contributed by atoms with Gasteiger partial charge in [-0.25, -0.2) is 13.1 Å². The maximum atomic E-state index is 12.2. The number of hydrogen-bond acceptors (Lipinski definition) is 3. The van der Waals surface area contributed by atoms with Crippen molar-refractivity contribution in [3.8, 4) is 0 Å². The number of benzene rings is 1. The highest BCUT2D eigenvalue weighted by molar-refractivity contribution is 9.10. The molecule has 100 valence electrons. The van der Waals surface area contributed by atoms with E-state index in [2.05, 4.69) is 26.0 Å². The molecule has 1 aromatic carbocycles. The summed E-state index contributed by atoms with van der Waals surface area (Å²) >= 11 is 3.28. The second kappa shape index (κ2) is 5.69. The van der Waals surface area contributed by atoms with Crippen molar-refractivity contribution in [3.05, 3.63) is 28.2 Å². The summed E-state index contributed by atoms with van der Waals surface area (Å²) in [6.45, 7) is 3.30. The summed E-state index contributed by atoms with van der Waals surface area (Å²) in [7, 11) is -3.44. The molecule has 4 nitrogen and oxygen atoms in total. The number of aryl methyl sites for hydroxylation is 1. The van der Waals surface area contributed by atoms with Gasteiger partial charge in [0, 0.05) is 17.1 Å². The molecule has 1 atom stereocenters. The van der Waals surface area contributed by atoms with Gasteiger partial charge in [-0.1, -0.05) is 6.07 Å². The van der Waals surface area contributed by atoms with Crippen LogP contribution >= 0.6 is 15.9 Å². The minimum atomic E-state index is -3.44. The molecule has 1 heterocycles. The van der Waals surface area contributed by atoms with Gasteiger partial charge >= 0.3 is 0 Å². The lowest BCUT2D eigenvalue weighted by molar-refractivity contribution is 0.551. The molecule has 0 radical (unpaired) electrons. The van der Waals surface area contributed by atoms with Gasteiger partial charge in [-0.15, -0.1) is 0 Å². The van der Waals surface area contributed by atoms with E-state index in [-0.39, 0.29) is 6.04 Å². The first-order valence-corrected chi connectivity index (χ1v) is 8.26.